The summed E-state index contributed by atoms with van der Waals surface area (Å²) in [5, 5.41) is 15.4. The highest BCUT2D eigenvalue weighted by molar-refractivity contribution is 7.92. The number of hydrogen-bond acceptors (Lipinski definition) is 8. The second-order valence-corrected chi connectivity index (χ2v) is 8.27. The molecule has 3 aromatic rings. The van der Waals surface area contributed by atoms with Crippen molar-refractivity contribution in [3.63, 3.8) is 0 Å². The van der Waals surface area contributed by atoms with Crippen LogP contribution in [-0.2, 0) is 10.0 Å². The number of nitrogens with one attached hydrogen (secondary N) is 2. The lowest BCUT2D eigenvalue weighted by molar-refractivity contribution is -0.384. The predicted molar refractivity (Wildman–Crippen MR) is 121 cm³/mol. The van der Waals surface area contributed by atoms with Gasteiger partial charge in [-0.05, 0) is 66.2 Å². The summed E-state index contributed by atoms with van der Waals surface area (Å²) in [7, 11) is -2.64. The van der Waals surface area contributed by atoms with Crippen LogP contribution in [0.4, 0.5) is 25.8 Å². The lowest BCUT2D eigenvalue weighted by atomic mass is 10.2. The van der Waals surface area contributed by atoms with Crippen molar-refractivity contribution in [3.8, 4) is 11.5 Å². The van der Waals surface area contributed by atoms with Gasteiger partial charge < -0.3 is 9.47 Å². The third kappa shape index (κ3) is 6.38. The number of hydrogen-bond donors (Lipinski definition) is 2. The van der Waals surface area contributed by atoms with Crippen LogP contribution in [-0.4, -0.2) is 33.3 Å². The van der Waals surface area contributed by atoms with Crippen LogP contribution in [0.2, 0.25) is 0 Å². The highest BCUT2D eigenvalue weighted by Crippen LogP contribution is 2.29. The molecule has 13 heteroatoms. The molecule has 0 unspecified atom stereocenters. The summed E-state index contributed by atoms with van der Waals surface area (Å²) in [6, 6.07) is 14.9. The van der Waals surface area contributed by atoms with E-state index in [4.69, 9.17) is 4.74 Å². The maximum absolute atomic E-state index is 12.7. The molecule has 0 aliphatic heterocycles. The number of nitro benzene ring substituents is 1. The second kappa shape index (κ2) is 10.6. The Labute approximate surface area is 193 Å². The normalized spacial score (nSPS) is 11.4. The molecule has 0 aliphatic rings. The Balaban J connectivity index is 1.75. The number of benzene rings is 3. The minimum Gasteiger partial charge on any atom is -0.497 e. The van der Waals surface area contributed by atoms with E-state index >= 15 is 0 Å². The minimum absolute atomic E-state index is 0.0317. The molecular formula is C21H18F2N4O6S. The number of ether oxygens (including phenoxy) is 2. The maximum atomic E-state index is 12.7. The molecule has 0 heterocycles. The van der Waals surface area contributed by atoms with Crippen LogP contribution < -0.4 is 19.6 Å². The zero-order chi connectivity index (χ0) is 24.7. The first-order valence-corrected chi connectivity index (χ1v) is 11.0. The van der Waals surface area contributed by atoms with Crippen molar-refractivity contribution in [1.82, 2.24) is 0 Å². The molecule has 178 valence electrons. The first-order chi connectivity index (χ1) is 16.2. The molecular weight excluding hydrogens is 474 g/mol. The van der Waals surface area contributed by atoms with E-state index in [2.05, 4.69) is 20.0 Å². The quantitative estimate of drug-likeness (QED) is 0.243. The van der Waals surface area contributed by atoms with Crippen LogP contribution in [0.3, 0.4) is 0 Å². The topological polar surface area (TPSA) is 132 Å². The fourth-order valence-electron chi connectivity index (χ4n) is 2.71. The van der Waals surface area contributed by atoms with Gasteiger partial charge in [-0.3, -0.25) is 20.3 Å². The number of nitrogens with zero attached hydrogens (tertiary/aromatic N) is 2. The lowest BCUT2D eigenvalue weighted by Crippen LogP contribution is -2.13. The number of hydrazone groups is 1. The van der Waals surface area contributed by atoms with Gasteiger partial charge in [-0.2, -0.15) is 13.9 Å². The molecule has 2 N–H and O–H groups in total. The summed E-state index contributed by atoms with van der Waals surface area (Å²) in [5.74, 6) is 0.503. The van der Waals surface area contributed by atoms with Crippen LogP contribution in [0.1, 0.15) is 5.56 Å². The van der Waals surface area contributed by atoms with E-state index in [1.807, 2.05) is 0 Å². The average molecular weight is 492 g/mol. The first-order valence-electron chi connectivity index (χ1n) is 9.47. The highest BCUT2D eigenvalue weighted by atomic mass is 32.2. The van der Waals surface area contributed by atoms with Crippen molar-refractivity contribution in [3.05, 3.63) is 82.4 Å². The smallest absolute Gasteiger partial charge is 0.387 e. The van der Waals surface area contributed by atoms with Crippen molar-refractivity contribution in [2.45, 2.75) is 11.5 Å². The molecule has 10 nitrogen and oxygen atoms in total. The van der Waals surface area contributed by atoms with E-state index in [-0.39, 0.29) is 22.0 Å². The van der Waals surface area contributed by atoms with E-state index in [1.54, 1.807) is 12.1 Å². The Hall–Kier alpha value is -4.26. The monoisotopic (exact) mass is 492 g/mol. The van der Waals surface area contributed by atoms with Gasteiger partial charge >= 0.3 is 6.61 Å². The summed E-state index contributed by atoms with van der Waals surface area (Å²) in [5.41, 5.74) is 2.66. The van der Waals surface area contributed by atoms with Crippen molar-refractivity contribution in [2.75, 3.05) is 17.3 Å². The fourth-order valence-corrected chi connectivity index (χ4v) is 3.79. The molecule has 0 amide bonds. The van der Waals surface area contributed by atoms with E-state index < -0.39 is 27.2 Å². The molecule has 0 saturated carbocycles. The van der Waals surface area contributed by atoms with Gasteiger partial charge in [0.05, 0.1) is 23.1 Å². The van der Waals surface area contributed by atoms with Crippen molar-refractivity contribution in [1.29, 1.82) is 0 Å². The Morgan fingerprint density at radius 3 is 2.26 bits per heavy atom. The number of rotatable bonds is 10. The van der Waals surface area contributed by atoms with Crippen molar-refractivity contribution < 1.29 is 31.6 Å². The van der Waals surface area contributed by atoms with Crippen molar-refractivity contribution >= 4 is 33.3 Å². The van der Waals surface area contributed by atoms with Crippen LogP contribution >= 0.6 is 0 Å². The van der Waals surface area contributed by atoms with Crippen LogP contribution in [0.5, 0.6) is 11.5 Å². The van der Waals surface area contributed by atoms with Gasteiger partial charge in [0, 0.05) is 11.8 Å². The number of nitro groups is 1. The molecule has 0 aliphatic carbocycles. The van der Waals surface area contributed by atoms with Gasteiger partial charge in [-0.1, -0.05) is 0 Å². The molecule has 0 bridgehead atoms. The first kappa shape index (κ1) is 24.4. The third-order valence-electron chi connectivity index (χ3n) is 4.32. The SMILES string of the molecule is COc1ccc(NS(=O)(=O)c2ccc(N/N=C\c3ccc(OC(F)F)cc3)c([N+](=O)[O-])c2)cc1. The summed E-state index contributed by atoms with van der Waals surface area (Å²) in [6.45, 7) is -2.94. The summed E-state index contributed by atoms with van der Waals surface area (Å²) < 4.78 is 61.3. The zero-order valence-corrected chi connectivity index (χ0v) is 18.3. The van der Waals surface area contributed by atoms with E-state index in [9.17, 15) is 27.3 Å². The van der Waals surface area contributed by atoms with Gasteiger partial charge in [0.15, 0.2) is 0 Å². The van der Waals surface area contributed by atoms with Gasteiger partial charge in [-0.15, -0.1) is 0 Å². The molecule has 0 atom stereocenters. The number of alkyl halides is 2. The fraction of sp³-hybridized carbons (Fsp3) is 0.0952. The van der Waals surface area contributed by atoms with Crippen LogP contribution in [0.25, 0.3) is 0 Å². The van der Waals surface area contributed by atoms with Crippen molar-refractivity contribution in [2.24, 2.45) is 5.10 Å². The molecule has 0 spiro atoms. The average Bonchev–Trinajstić information content (AvgIpc) is 2.80. The largest absolute Gasteiger partial charge is 0.497 e. The van der Waals surface area contributed by atoms with E-state index in [1.165, 1.54) is 61.9 Å². The second-order valence-electron chi connectivity index (χ2n) is 6.59. The number of anilines is 2. The van der Waals surface area contributed by atoms with Crippen LogP contribution in [0.15, 0.2) is 76.7 Å². The highest BCUT2D eigenvalue weighted by Gasteiger charge is 2.21. The molecule has 3 rings (SSSR count). The Morgan fingerprint density at radius 1 is 1.03 bits per heavy atom. The Morgan fingerprint density at radius 2 is 1.68 bits per heavy atom. The molecule has 34 heavy (non-hydrogen) atoms. The van der Waals surface area contributed by atoms with Gasteiger partial charge in [0.25, 0.3) is 15.7 Å². The zero-order valence-electron chi connectivity index (χ0n) is 17.5. The van der Waals surface area contributed by atoms with Crippen LogP contribution in [0, 0.1) is 10.1 Å². The molecule has 3 aromatic carbocycles. The number of halogens is 2. The Bertz CT molecular complexity index is 1280. The van der Waals surface area contributed by atoms with Gasteiger partial charge in [0.2, 0.25) is 0 Å². The summed E-state index contributed by atoms with van der Waals surface area (Å²) in [6.07, 6.45) is 1.30. The third-order valence-corrected chi connectivity index (χ3v) is 5.70. The molecule has 0 fully saturated rings. The number of methoxy groups -OCH3 is 1. The summed E-state index contributed by atoms with van der Waals surface area (Å²) in [4.78, 5) is 10.4. The van der Waals surface area contributed by atoms with E-state index in [0.29, 0.717) is 11.3 Å². The molecule has 0 radical (unpaired) electrons. The number of sulfonamides is 1. The summed E-state index contributed by atoms with van der Waals surface area (Å²) >= 11 is 0. The predicted octanol–water partition coefficient (Wildman–Crippen LogP) is 4.45. The minimum atomic E-state index is -4.11. The lowest BCUT2D eigenvalue weighted by Gasteiger charge is -2.10. The standard InChI is InChI=1S/C21H18F2N4O6S/c1-32-16-8-4-15(5-9-16)26-34(30,31)18-10-11-19(20(12-18)27(28)29)25-24-13-14-2-6-17(7-3-14)33-21(22)23/h2-13,21,25-26H,1H3/b24-13-. The Kier molecular flexibility index (Phi) is 7.58. The van der Waals surface area contributed by atoms with Gasteiger partial charge in [-0.25, -0.2) is 8.42 Å². The van der Waals surface area contributed by atoms with E-state index in [0.717, 1.165) is 6.07 Å². The van der Waals surface area contributed by atoms with Gasteiger partial charge in [0.1, 0.15) is 17.2 Å². The molecule has 0 aromatic heterocycles. The maximum Gasteiger partial charge on any atom is 0.387 e. The molecule has 0 saturated heterocycles.